The van der Waals surface area contributed by atoms with E-state index in [2.05, 4.69) is 15.5 Å². The van der Waals surface area contributed by atoms with Crippen LogP contribution in [0.1, 0.15) is 18.5 Å². The van der Waals surface area contributed by atoms with Gasteiger partial charge in [0.1, 0.15) is 5.03 Å². The van der Waals surface area contributed by atoms with Crippen LogP contribution in [0.25, 0.3) is 10.8 Å². The second-order valence-electron chi connectivity index (χ2n) is 5.37. The molecule has 1 heterocycles. The maximum absolute atomic E-state index is 12.2. The van der Waals surface area contributed by atoms with Crippen molar-refractivity contribution in [3.05, 3.63) is 65.3 Å². The van der Waals surface area contributed by atoms with E-state index in [-0.39, 0.29) is 11.9 Å². The van der Waals surface area contributed by atoms with Crippen LogP contribution in [-0.2, 0) is 4.79 Å². The van der Waals surface area contributed by atoms with E-state index < -0.39 is 0 Å². The molecule has 0 fully saturated rings. The SMILES string of the molecule is CC(NC(=O)CSc1nncc2ccccc12)c1ccc(Cl)cc1. The molecule has 1 amide bonds. The Balaban J connectivity index is 1.62. The molecule has 0 bridgehead atoms. The first-order chi connectivity index (χ1) is 11.6. The van der Waals surface area contributed by atoms with Crippen molar-refractivity contribution in [2.45, 2.75) is 18.0 Å². The number of amides is 1. The van der Waals surface area contributed by atoms with Gasteiger partial charge in [-0.1, -0.05) is 59.8 Å². The van der Waals surface area contributed by atoms with Crippen molar-refractivity contribution >= 4 is 40.0 Å². The Morgan fingerprint density at radius 2 is 1.96 bits per heavy atom. The summed E-state index contributed by atoms with van der Waals surface area (Å²) in [5.41, 5.74) is 1.02. The van der Waals surface area contributed by atoms with Gasteiger partial charge in [0, 0.05) is 15.8 Å². The lowest BCUT2D eigenvalue weighted by Gasteiger charge is -2.14. The van der Waals surface area contributed by atoms with Gasteiger partial charge in [-0.2, -0.15) is 5.10 Å². The molecule has 4 nitrogen and oxygen atoms in total. The Morgan fingerprint density at radius 3 is 2.75 bits per heavy atom. The van der Waals surface area contributed by atoms with Crippen LogP contribution >= 0.6 is 23.4 Å². The predicted molar refractivity (Wildman–Crippen MR) is 98.3 cm³/mol. The van der Waals surface area contributed by atoms with Crippen LogP contribution in [0, 0.1) is 0 Å². The second kappa shape index (κ2) is 7.64. The molecule has 1 N–H and O–H groups in total. The van der Waals surface area contributed by atoms with Crippen LogP contribution in [-0.4, -0.2) is 21.9 Å². The van der Waals surface area contributed by atoms with Crippen molar-refractivity contribution in [1.82, 2.24) is 15.5 Å². The van der Waals surface area contributed by atoms with E-state index in [4.69, 9.17) is 11.6 Å². The van der Waals surface area contributed by atoms with Crippen molar-refractivity contribution in [2.24, 2.45) is 0 Å². The molecule has 0 saturated heterocycles. The maximum Gasteiger partial charge on any atom is 0.230 e. The fourth-order valence-corrected chi connectivity index (χ4v) is 3.28. The predicted octanol–water partition coefficient (Wildman–Crippen LogP) is 4.25. The monoisotopic (exact) mass is 357 g/mol. The minimum Gasteiger partial charge on any atom is -0.349 e. The number of nitrogens with one attached hydrogen (secondary N) is 1. The quantitative estimate of drug-likeness (QED) is 0.693. The summed E-state index contributed by atoms with van der Waals surface area (Å²) in [5.74, 6) is 0.248. The van der Waals surface area contributed by atoms with E-state index in [1.54, 1.807) is 6.20 Å². The third-order valence-corrected chi connectivity index (χ3v) is 4.86. The number of halogens is 1. The average Bonchev–Trinajstić information content (AvgIpc) is 2.60. The van der Waals surface area contributed by atoms with Gasteiger partial charge >= 0.3 is 0 Å². The molecule has 2 aromatic carbocycles. The molecule has 1 unspecified atom stereocenters. The molecule has 3 aromatic rings. The van der Waals surface area contributed by atoms with Crippen molar-refractivity contribution in [3.63, 3.8) is 0 Å². The Labute approximate surface area is 149 Å². The summed E-state index contributed by atoms with van der Waals surface area (Å²) in [6.45, 7) is 1.95. The van der Waals surface area contributed by atoms with Crippen LogP contribution in [0.3, 0.4) is 0 Å². The number of carbonyl (C=O) groups is 1. The van der Waals surface area contributed by atoms with Gasteiger partial charge in [-0.25, -0.2) is 0 Å². The zero-order valence-electron chi connectivity index (χ0n) is 13.1. The smallest absolute Gasteiger partial charge is 0.230 e. The molecule has 6 heteroatoms. The standard InChI is InChI=1S/C18H16ClN3OS/c1-12(13-6-8-15(19)9-7-13)21-17(23)11-24-18-16-5-3-2-4-14(16)10-20-22-18/h2-10,12H,11H2,1H3,(H,21,23). The fraction of sp³-hybridized carbons (Fsp3) is 0.167. The summed E-state index contributed by atoms with van der Waals surface area (Å²) >= 11 is 7.27. The topological polar surface area (TPSA) is 54.9 Å². The number of aromatic nitrogens is 2. The number of rotatable bonds is 5. The molecule has 1 atom stereocenters. The second-order valence-corrected chi connectivity index (χ2v) is 6.77. The summed E-state index contributed by atoms with van der Waals surface area (Å²) in [6.07, 6.45) is 1.72. The van der Waals surface area contributed by atoms with Crippen molar-refractivity contribution in [3.8, 4) is 0 Å². The van der Waals surface area contributed by atoms with Gasteiger partial charge in [0.15, 0.2) is 0 Å². The van der Waals surface area contributed by atoms with Gasteiger partial charge in [0.25, 0.3) is 0 Å². The number of fused-ring (bicyclic) bond motifs is 1. The van der Waals surface area contributed by atoms with Crippen LogP contribution in [0.2, 0.25) is 5.02 Å². The first kappa shape index (κ1) is 16.7. The molecule has 1 aromatic heterocycles. The molecule has 0 aliphatic carbocycles. The number of nitrogens with zero attached hydrogens (tertiary/aromatic N) is 2. The van der Waals surface area contributed by atoms with Gasteiger partial charge in [-0.05, 0) is 24.6 Å². The van der Waals surface area contributed by atoms with Crippen molar-refractivity contribution in [1.29, 1.82) is 0 Å². The molecule has 0 radical (unpaired) electrons. The van der Waals surface area contributed by atoms with Crippen LogP contribution in [0.4, 0.5) is 0 Å². The van der Waals surface area contributed by atoms with Crippen molar-refractivity contribution in [2.75, 3.05) is 5.75 Å². The zero-order valence-corrected chi connectivity index (χ0v) is 14.6. The minimum atomic E-state index is -0.0750. The van der Waals surface area contributed by atoms with Gasteiger partial charge < -0.3 is 5.32 Å². The fourth-order valence-electron chi connectivity index (χ4n) is 2.36. The van der Waals surface area contributed by atoms with E-state index in [0.29, 0.717) is 10.8 Å². The summed E-state index contributed by atoms with van der Waals surface area (Å²) in [6, 6.07) is 15.3. The number of carbonyl (C=O) groups excluding carboxylic acids is 1. The molecular formula is C18H16ClN3OS. The van der Waals surface area contributed by atoms with E-state index in [9.17, 15) is 4.79 Å². The third kappa shape index (κ3) is 4.04. The summed E-state index contributed by atoms with van der Waals surface area (Å²) in [4.78, 5) is 12.2. The lowest BCUT2D eigenvalue weighted by Crippen LogP contribution is -2.28. The first-order valence-electron chi connectivity index (χ1n) is 7.51. The lowest BCUT2D eigenvalue weighted by atomic mass is 10.1. The number of thioether (sulfide) groups is 1. The van der Waals surface area contributed by atoms with Crippen LogP contribution < -0.4 is 5.32 Å². The number of hydrogen-bond acceptors (Lipinski definition) is 4. The summed E-state index contributed by atoms with van der Waals surface area (Å²) < 4.78 is 0. The Kier molecular flexibility index (Phi) is 5.33. The normalized spacial score (nSPS) is 12.1. The Morgan fingerprint density at radius 1 is 1.21 bits per heavy atom. The highest BCUT2D eigenvalue weighted by Gasteiger charge is 2.11. The summed E-state index contributed by atoms with van der Waals surface area (Å²) in [7, 11) is 0. The molecule has 24 heavy (non-hydrogen) atoms. The lowest BCUT2D eigenvalue weighted by molar-refractivity contribution is -0.119. The third-order valence-electron chi connectivity index (χ3n) is 3.62. The Bertz CT molecular complexity index is 849. The largest absolute Gasteiger partial charge is 0.349 e. The molecule has 0 aliphatic rings. The molecule has 3 rings (SSSR count). The van der Waals surface area contributed by atoms with Crippen molar-refractivity contribution < 1.29 is 4.79 Å². The highest BCUT2D eigenvalue weighted by molar-refractivity contribution is 8.00. The molecule has 122 valence electrons. The number of benzene rings is 2. The van der Waals surface area contributed by atoms with Gasteiger partial charge in [0.2, 0.25) is 5.91 Å². The highest BCUT2D eigenvalue weighted by atomic mass is 35.5. The van der Waals surface area contributed by atoms with Crippen LogP contribution in [0.15, 0.2) is 59.8 Å². The van der Waals surface area contributed by atoms with Gasteiger partial charge in [0.05, 0.1) is 18.0 Å². The Hall–Kier alpha value is -2.11. The molecule has 0 saturated carbocycles. The molecule has 0 aliphatic heterocycles. The van der Waals surface area contributed by atoms with Gasteiger partial charge in [-0.15, -0.1) is 5.10 Å². The minimum absolute atomic E-state index is 0.0443. The van der Waals surface area contributed by atoms with Gasteiger partial charge in [-0.3, -0.25) is 4.79 Å². The van der Waals surface area contributed by atoms with E-state index in [1.165, 1.54) is 11.8 Å². The first-order valence-corrected chi connectivity index (χ1v) is 8.88. The molecular weight excluding hydrogens is 342 g/mol. The van der Waals surface area contributed by atoms with Crippen LogP contribution in [0.5, 0.6) is 0 Å². The summed E-state index contributed by atoms with van der Waals surface area (Å²) in [5, 5.41) is 14.6. The van der Waals surface area contributed by atoms with E-state index in [0.717, 1.165) is 21.4 Å². The van der Waals surface area contributed by atoms with E-state index in [1.807, 2.05) is 55.5 Å². The zero-order chi connectivity index (χ0) is 16.9. The average molecular weight is 358 g/mol. The maximum atomic E-state index is 12.2. The molecule has 0 spiro atoms. The number of hydrogen-bond donors (Lipinski definition) is 1. The highest BCUT2D eigenvalue weighted by Crippen LogP contribution is 2.24. The van der Waals surface area contributed by atoms with E-state index >= 15 is 0 Å².